The van der Waals surface area contributed by atoms with Crippen molar-refractivity contribution < 1.29 is 0 Å². The molecule has 2 aromatic carbocycles. The Labute approximate surface area is 108 Å². The molecule has 1 fully saturated rings. The number of hydrogen-bond donors (Lipinski definition) is 0. The first-order valence-corrected chi connectivity index (χ1v) is 6.91. The average molecular weight is 245 g/mol. The first kappa shape index (κ1) is 11.1. The molecule has 0 bridgehead atoms. The summed E-state index contributed by atoms with van der Waals surface area (Å²) in [6.07, 6.45) is 5.00. The van der Waals surface area contributed by atoms with Crippen LogP contribution in [0.25, 0.3) is 10.8 Å². The van der Waals surface area contributed by atoms with Crippen molar-refractivity contribution in [1.82, 2.24) is 0 Å². The summed E-state index contributed by atoms with van der Waals surface area (Å²) in [6, 6.07) is 15.2. The van der Waals surface area contributed by atoms with Crippen molar-refractivity contribution in [2.45, 2.75) is 37.0 Å². The van der Waals surface area contributed by atoms with Gasteiger partial charge in [-0.3, -0.25) is 0 Å². The lowest BCUT2D eigenvalue weighted by Crippen LogP contribution is -2.17. The lowest BCUT2D eigenvalue weighted by molar-refractivity contribution is 0.452. The molecule has 0 amide bonds. The second-order valence-corrected chi connectivity index (χ2v) is 5.54. The van der Waals surface area contributed by atoms with Gasteiger partial charge in [-0.25, -0.2) is 0 Å². The highest BCUT2D eigenvalue weighted by Crippen LogP contribution is 2.39. The normalized spacial score (nSPS) is 25.0. The van der Waals surface area contributed by atoms with Crippen molar-refractivity contribution in [3.63, 3.8) is 0 Å². The topological polar surface area (TPSA) is 0 Å². The molecule has 1 aliphatic carbocycles. The maximum atomic E-state index is 6.52. The van der Waals surface area contributed by atoms with E-state index in [0.29, 0.717) is 11.3 Å². The minimum atomic E-state index is 0.314. The van der Waals surface area contributed by atoms with Gasteiger partial charge >= 0.3 is 0 Å². The standard InChI is InChI=1S/C16H17Cl/c17-16-11-4-3-9-15(16)14-10-5-7-12-6-1-2-8-13(12)14/h1-2,5-8,10,15-16H,3-4,9,11H2/t15-,16-/m1/s1. The summed E-state index contributed by atoms with van der Waals surface area (Å²) >= 11 is 6.52. The molecule has 17 heavy (non-hydrogen) atoms. The van der Waals surface area contributed by atoms with E-state index in [4.69, 9.17) is 11.6 Å². The highest BCUT2D eigenvalue weighted by atomic mass is 35.5. The summed E-state index contributed by atoms with van der Waals surface area (Å²) in [5.41, 5.74) is 1.45. The first-order valence-electron chi connectivity index (χ1n) is 6.48. The second-order valence-electron chi connectivity index (χ2n) is 4.98. The molecule has 2 aromatic rings. The SMILES string of the molecule is Cl[C@@H]1CCCC[C@@H]1c1cccc2ccccc12. The molecule has 0 unspecified atom stereocenters. The van der Waals surface area contributed by atoms with Crippen LogP contribution in [0.15, 0.2) is 42.5 Å². The quantitative estimate of drug-likeness (QED) is 0.612. The van der Waals surface area contributed by atoms with Crippen LogP contribution in [0.3, 0.4) is 0 Å². The molecule has 0 spiro atoms. The van der Waals surface area contributed by atoms with E-state index in [2.05, 4.69) is 42.5 Å². The lowest BCUT2D eigenvalue weighted by Gasteiger charge is -2.28. The minimum Gasteiger partial charge on any atom is -0.122 e. The van der Waals surface area contributed by atoms with Crippen LogP contribution in [0.1, 0.15) is 37.2 Å². The Morgan fingerprint density at radius 2 is 1.65 bits per heavy atom. The summed E-state index contributed by atoms with van der Waals surface area (Å²) in [4.78, 5) is 0. The van der Waals surface area contributed by atoms with E-state index in [1.165, 1.54) is 35.6 Å². The molecule has 0 radical (unpaired) electrons. The Kier molecular flexibility index (Phi) is 3.07. The number of hydrogen-bond acceptors (Lipinski definition) is 0. The molecule has 0 nitrogen and oxygen atoms in total. The van der Waals surface area contributed by atoms with Gasteiger partial charge < -0.3 is 0 Å². The molecule has 1 aliphatic rings. The third-order valence-corrected chi connectivity index (χ3v) is 4.43. The van der Waals surface area contributed by atoms with Crippen molar-refractivity contribution >= 4 is 22.4 Å². The van der Waals surface area contributed by atoms with Gasteiger partial charge in [-0.05, 0) is 29.2 Å². The predicted molar refractivity (Wildman–Crippen MR) is 74.8 cm³/mol. The molecule has 0 saturated heterocycles. The van der Waals surface area contributed by atoms with E-state index in [1.54, 1.807) is 0 Å². The van der Waals surface area contributed by atoms with Gasteiger partial charge in [-0.15, -0.1) is 11.6 Å². The number of fused-ring (bicyclic) bond motifs is 1. The maximum absolute atomic E-state index is 6.52. The Balaban J connectivity index is 2.10. The van der Waals surface area contributed by atoms with E-state index >= 15 is 0 Å². The fourth-order valence-electron chi connectivity index (χ4n) is 3.01. The zero-order valence-electron chi connectivity index (χ0n) is 9.90. The second kappa shape index (κ2) is 4.70. The Bertz CT molecular complexity index is 512. The fourth-order valence-corrected chi connectivity index (χ4v) is 3.43. The Morgan fingerprint density at radius 1 is 0.882 bits per heavy atom. The van der Waals surface area contributed by atoms with Gasteiger partial charge in [0.1, 0.15) is 0 Å². The molecule has 0 N–H and O–H groups in total. The number of rotatable bonds is 1. The minimum absolute atomic E-state index is 0.314. The van der Waals surface area contributed by atoms with Crippen LogP contribution >= 0.6 is 11.6 Å². The van der Waals surface area contributed by atoms with Gasteiger partial charge in [-0.1, -0.05) is 55.3 Å². The molecule has 0 heterocycles. The van der Waals surface area contributed by atoms with E-state index in [-0.39, 0.29) is 0 Å². The molecule has 0 aromatic heterocycles. The van der Waals surface area contributed by atoms with Crippen molar-refractivity contribution in [1.29, 1.82) is 0 Å². The van der Waals surface area contributed by atoms with Crippen LogP contribution in [0, 0.1) is 0 Å². The lowest BCUT2D eigenvalue weighted by atomic mass is 9.82. The van der Waals surface area contributed by atoms with Crippen LogP contribution in [0.2, 0.25) is 0 Å². The van der Waals surface area contributed by atoms with Crippen LogP contribution in [0.4, 0.5) is 0 Å². The predicted octanol–water partition coefficient (Wildman–Crippen LogP) is 5.10. The first-order chi connectivity index (χ1) is 8.36. The van der Waals surface area contributed by atoms with Crippen molar-refractivity contribution in [3.8, 4) is 0 Å². The largest absolute Gasteiger partial charge is 0.122 e. The molecular weight excluding hydrogens is 228 g/mol. The Morgan fingerprint density at radius 3 is 2.53 bits per heavy atom. The van der Waals surface area contributed by atoms with Crippen molar-refractivity contribution in [2.75, 3.05) is 0 Å². The summed E-state index contributed by atoms with van der Waals surface area (Å²) in [5.74, 6) is 0.538. The zero-order chi connectivity index (χ0) is 11.7. The summed E-state index contributed by atoms with van der Waals surface area (Å²) in [5, 5.41) is 3.03. The van der Waals surface area contributed by atoms with Gasteiger partial charge in [0.15, 0.2) is 0 Å². The molecule has 1 saturated carbocycles. The van der Waals surface area contributed by atoms with Crippen molar-refractivity contribution in [3.05, 3.63) is 48.0 Å². The third kappa shape index (κ3) is 2.07. The maximum Gasteiger partial charge on any atom is 0.0404 e. The summed E-state index contributed by atoms with van der Waals surface area (Å²) in [6.45, 7) is 0. The van der Waals surface area contributed by atoms with E-state index < -0.39 is 0 Å². The van der Waals surface area contributed by atoms with Crippen LogP contribution in [-0.4, -0.2) is 5.38 Å². The molecule has 1 heteroatoms. The van der Waals surface area contributed by atoms with Gasteiger partial charge in [-0.2, -0.15) is 0 Å². The molecular formula is C16H17Cl. The molecule has 3 rings (SSSR count). The Hall–Kier alpha value is -1.01. The monoisotopic (exact) mass is 244 g/mol. The van der Waals surface area contributed by atoms with Gasteiger partial charge in [0, 0.05) is 11.3 Å². The highest BCUT2D eigenvalue weighted by molar-refractivity contribution is 6.21. The smallest absolute Gasteiger partial charge is 0.0404 e. The van der Waals surface area contributed by atoms with Crippen LogP contribution in [-0.2, 0) is 0 Å². The molecule has 2 atom stereocenters. The zero-order valence-corrected chi connectivity index (χ0v) is 10.7. The van der Waals surface area contributed by atoms with E-state index in [1.807, 2.05) is 0 Å². The van der Waals surface area contributed by atoms with E-state index in [9.17, 15) is 0 Å². The molecule has 0 aliphatic heterocycles. The summed E-state index contributed by atoms with van der Waals surface area (Å²) < 4.78 is 0. The van der Waals surface area contributed by atoms with Crippen LogP contribution in [0.5, 0.6) is 0 Å². The number of alkyl halides is 1. The number of benzene rings is 2. The average Bonchev–Trinajstić information content (AvgIpc) is 2.39. The van der Waals surface area contributed by atoms with Crippen LogP contribution < -0.4 is 0 Å². The van der Waals surface area contributed by atoms with Gasteiger partial charge in [0.05, 0.1) is 0 Å². The molecule has 88 valence electrons. The van der Waals surface area contributed by atoms with Gasteiger partial charge in [0.2, 0.25) is 0 Å². The highest BCUT2D eigenvalue weighted by Gasteiger charge is 2.25. The van der Waals surface area contributed by atoms with E-state index in [0.717, 1.165) is 6.42 Å². The number of halogens is 1. The van der Waals surface area contributed by atoms with Gasteiger partial charge in [0.25, 0.3) is 0 Å². The summed E-state index contributed by atoms with van der Waals surface area (Å²) in [7, 11) is 0. The van der Waals surface area contributed by atoms with Crippen molar-refractivity contribution in [2.24, 2.45) is 0 Å². The fraction of sp³-hybridized carbons (Fsp3) is 0.375. The third-order valence-electron chi connectivity index (χ3n) is 3.90.